The Labute approximate surface area is 438 Å². The molecule has 4 aliphatic heterocycles. The van der Waals surface area contributed by atoms with E-state index in [0.29, 0.717) is 33.6 Å². The van der Waals surface area contributed by atoms with Gasteiger partial charge in [0.25, 0.3) is 5.91 Å². The molecule has 0 radical (unpaired) electrons. The number of ketones is 1. The van der Waals surface area contributed by atoms with Crippen LogP contribution in [-0.2, 0) is 59.1 Å². The van der Waals surface area contributed by atoms with Gasteiger partial charge in [0, 0.05) is 96.7 Å². The van der Waals surface area contributed by atoms with Gasteiger partial charge < -0.3 is 42.9 Å². The van der Waals surface area contributed by atoms with Crippen LogP contribution in [0, 0.1) is 0 Å². The summed E-state index contributed by atoms with van der Waals surface area (Å²) in [7, 11) is 0. The molecule has 5 heterocycles. The Bertz CT molecular complexity index is 3360. The molecule has 9 rings (SSSR count). The minimum absolute atomic E-state index is 0.0120. The van der Waals surface area contributed by atoms with Gasteiger partial charge in [0.1, 0.15) is 51.3 Å². The predicted octanol–water partition coefficient (Wildman–Crippen LogP) is 7.14. The van der Waals surface area contributed by atoms with Crippen LogP contribution in [0.15, 0.2) is 92.6 Å². The smallest absolute Gasteiger partial charge is 0.358 e. The Morgan fingerprint density at radius 2 is 1.48 bits per heavy atom. The van der Waals surface area contributed by atoms with Crippen molar-refractivity contribution in [2.75, 3.05) is 12.5 Å². The lowest BCUT2D eigenvalue weighted by Crippen LogP contribution is -2.70. The molecule has 4 aliphatic rings. The molecule has 0 saturated carbocycles. The van der Waals surface area contributed by atoms with E-state index in [2.05, 4.69) is 5.32 Å². The zero-order valence-corrected chi connectivity index (χ0v) is 42.4. The number of esters is 6. The van der Waals surface area contributed by atoms with Crippen LogP contribution in [-0.4, -0.2) is 82.3 Å². The van der Waals surface area contributed by atoms with Gasteiger partial charge in [-0.3, -0.25) is 38.5 Å². The number of carbonyl (C=O) groups is 9. The van der Waals surface area contributed by atoms with Crippen molar-refractivity contribution in [3.05, 3.63) is 132 Å². The fourth-order valence-corrected chi connectivity index (χ4v) is 11.5. The molecule has 5 aromatic rings. The number of halogens is 1. The third kappa shape index (κ3) is 10.3. The van der Waals surface area contributed by atoms with E-state index < -0.39 is 95.7 Å². The Balaban J connectivity index is 0.913. The Hall–Kier alpha value is -7.95. The molecule has 23 heteroatoms. The summed E-state index contributed by atoms with van der Waals surface area (Å²) in [5.74, 6) is -5.10. The minimum Gasteiger partial charge on any atom is -0.456 e. The van der Waals surface area contributed by atoms with Gasteiger partial charge in [0.15, 0.2) is 17.1 Å². The molecule has 1 aromatic heterocycles. The molecule has 0 aliphatic carbocycles. The summed E-state index contributed by atoms with van der Waals surface area (Å²) in [6, 6.07) is 17.2. The average Bonchev–Trinajstić information content (AvgIpc) is 3.64. The van der Waals surface area contributed by atoms with Crippen molar-refractivity contribution >= 4 is 99.5 Å². The molecular weight excluding hydrogens is 1040 g/mol. The van der Waals surface area contributed by atoms with E-state index in [1.54, 1.807) is 49.4 Å². The minimum atomic E-state index is -1.55. The quantitative estimate of drug-likeness (QED) is 0.0257. The zero-order chi connectivity index (χ0) is 53.5. The number of nitrogens with zero attached hydrogens (tertiary/aromatic N) is 1. The molecule has 1 saturated heterocycles. The van der Waals surface area contributed by atoms with Gasteiger partial charge in [-0.1, -0.05) is 30.7 Å². The highest BCUT2D eigenvalue weighted by Gasteiger charge is 2.56. The van der Waals surface area contributed by atoms with Gasteiger partial charge in [-0.25, -0.2) is 14.4 Å². The molecule has 75 heavy (non-hydrogen) atoms. The summed E-state index contributed by atoms with van der Waals surface area (Å²) in [5.41, 5.74) is -0.915. The second-order valence-electron chi connectivity index (χ2n) is 17.2. The van der Waals surface area contributed by atoms with Crippen molar-refractivity contribution in [1.29, 1.82) is 0 Å². The molecule has 4 aromatic carbocycles. The van der Waals surface area contributed by atoms with E-state index in [0.717, 1.165) is 6.92 Å². The number of benzene rings is 4. The summed E-state index contributed by atoms with van der Waals surface area (Å²) in [5, 5.41) is 2.14. The molecule has 2 atom stereocenters. The van der Waals surface area contributed by atoms with Crippen LogP contribution in [0.4, 0.5) is 0 Å². The van der Waals surface area contributed by atoms with Crippen LogP contribution in [0.1, 0.15) is 96.3 Å². The lowest BCUT2D eigenvalue weighted by atomic mass is 9.77. The summed E-state index contributed by atoms with van der Waals surface area (Å²) in [6.45, 7) is 4.66. The van der Waals surface area contributed by atoms with Gasteiger partial charge in [-0.05, 0) is 54.4 Å². The molecule has 1 N–H and O–H groups in total. The van der Waals surface area contributed by atoms with Gasteiger partial charge in [0.05, 0.1) is 10.6 Å². The molecule has 1 fully saturated rings. The van der Waals surface area contributed by atoms with E-state index in [-0.39, 0.29) is 79.5 Å². The van der Waals surface area contributed by atoms with Crippen molar-refractivity contribution in [2.45, 2.75) is 76.1 Å². The van der Waals surface area contributed by atoms with Crippen molar-refractivity contribution in [1.82, 2.24) is 10.2 Å². The number of thioether (sulfide) groups is 2. The normalized spacial score (nSPS) is 16.5. The fraction of sp³-hybridized carbons (Fsp3) is 0.269. The average molecular weight is 1080 g/mol. The van der Waals surface area contributed by atoms with Crippen LogP contribution in [0.5, 0.6) is 28.7 Å². The van der Waals surface area contributed by atoms with Crippen molar-refractivity contribution in [3.63, 3.8) is 0 Å². The maximum absolute atomic E-state index is 14.0. The first-order valence-electron chi connectivity index (χ1n) is 23.0. The molecule has 386 valence electrons. The van der Waals surface area contributed by atoms with Crippen LogP contribution >= 0.6 is 35.1 Å². The standard InChI is InChI=1S/C52H41ClN2O18S2/c1-5-6-44(61)71-41-20-38-28(17-36(41)53)16-32(49(63)72-38)37(59)13-14-43(60)54-45-47(62)55-46(51(65)67-23-66-24(2)56)42(22-75-48(45)55)74-21-27-7-10-33-31(15-27)50(64)73-52(33)34-11-8-29(68-25(3)57)18-39(34)70-40-19-30(69-26(4)58)9-12-35(40)52/h7-12,15-20,45,48H,5-6,13-14,21-23H2,1-4H3,(H,54,60). The van der Waals surface area contributed by atoms with Crippen LogP contribution < -0.4 is 29.9 Å². The van der Waals surface area contributed by atoms with Crippen LogP contribution in [0.2, 0.25) is 5.02 Å². The van der Waals surface area contributed by atoms with E-state index in [4.69, 9.17) is 49.2 Å². The summed E-state index contributed by atoms with van der Waals surface area (Å²) < 4.78 is 43.8. The molecule has 20 nitrogen and oxygen atoms in total. The topological polar surface area (TPSA) is 264 Å². The molecular formula is C52H41ClN2O18S2. The van der Waals surface area contributed by atoms with Crippen molar-refractivity contribution < 1.29 is 80.7 Å². The second-order valence-corrected chi connectivity index (χ2v) is 19.8. The maximum atomic E-state index is 14.0. The number of amides is 2. The molecule has 0 bridgehead atoms. The van der Waals surface area contributed by atoms with Crippen molar-refractivity contribution in [3.8, 4) is 28.7 Å². The van der Waals surface area contributed by atoms with Gasteiger partial charge in [-0.2, -0.15) is 0 Å². The lowest BCUT2D eigenvalue weighted by Gasteiger charge is -2.49. The highest BCUT2D eigenvalue weighted by Crippen LogP contribution is 2.57. The van der Waals surface area contributed by atoms with Crippen LogP contribution in [0.3, 0.4) is 0 Å². The van der Waals surface area contributed by atoms with E-state index in [9.17, 15) is 47.9 Å². The summed E-state index contributed by atoms with van der Waals surface area (Å²) in [6.07, 6.45) is -0.177. The number of β-lactam (4-membered cyclic amide) rings is 1. The number of rotatable bonds is 16. The lowest BCUT2D eigenvalue weighted by molar-refractivity contribution is -0.166. The van der Waals surface area contributed by atoms with E-state index in [1.807, 2.05) is 0 Å². The number of hydrogen-bond donors (Lipinski definition) is 1. The summed E-state index contributed by atoms with van der Waals surface area (Å²) >= 11 is 8.72. The third-order valence-electron chi connectivity index (χ3n) is 12.0. The monoisotopic (exact) mass is 1080 g/mol. The Morgan fingerprint density at radius 1 is 0.800 bits per heavy atom. The fourth-order valence-electron chi connectivity index (χ4n) is 8.76. The Morgan fingerprint density at radius 3 is 2.13 bits per heavy atom. The number of Topliss-reactive ketones (excluding diaryl/α,β-unsaturated/α-hetero) is 1. The zero-order valence-electron chi connectivity index (χ0n) is 40.0. The predicted molar refractivity (Wildman–Crippen MR) is 265 cm³/mol. The first-order valence-corrected chi connectivity index (χ1v) is 25.4. The number of nitrogens with one attached hydrogen (secondary N) is 1. The molecule has 2 unspecified atom stereocenters. The maximum Gasteiger partial charge on any atom is 0.358 e. The first-order chi connectivity index (χ1) is 35.8. The molecule has 1 spiro atoms. The number of carbonyl (C=O) groups excluding carboxylic acids is 9. The highest BCUT2D eigenvalue weighted by molar-refractivity contribution is 8.05. The number of ether oxygens (including phenoxy) is 7. The van der Waals surface area contributed by atoms with E-state index >= 15 is 0 Å². The highest BCUT2D eigenvalue weighted by atomic mass is 35.5. The van der Waals surface area contributed by atoms with Gasteiger partial charge >= 0.3 is 41.4 Å². The van der Waals surface area contributed by atoms with E-state index in [1.165, 1.54) is 72.6 Å². The third-order valence-corrected chi connectivity index (χ3v) is 14.9. The molecule has 2 amide bonds. The van der Waals surface area contributed by atoms with Gasteiger partial charge in [-0.15, -0.1) is 23.5 Å². The number of hydrogen-bond acceptors (Lipinski definition) is 20. The second kappa shape index (κ2) is 21.1. The summed E-state index contributed by atoms with van der Waals surface area (Å²) in [4.78, 5) is 130. The SMILES string of the molecule is CCCC(=O)Oc1cc2oc(=O)c(C(=O)CCC(=O)NC3C(=O)N4C(C(=O)OCOC(C)=O)=C(SCc5ccc6c(c5)C(=O)OC65c6ccc(OC(C)=O)cc6Oc6cc(OC(C)=O)ccc65)CSC34)cc2cc1Cl. The Kier molecular flexibility index (Phi) is 14.6. The van der Waals surface area contributed by atoms with Crippen LogP contribution in [0.25, 0.3) is 11.0 Å². The van der Waals surface area contributed by atoms with Crippen molar-refractivity contribution in [2.24, 2.45) is 0 Å². The first kappa shape index (κ1) is 51.9. The van der Waals surface area contributed by atoms with Gasteiger partial charge in [0.2, 0.25) is 12.7 Å². The largest absolute Gasteiger partial charge is 0.456 e. The number of fused-ring (bicyclic) bond motifs is 8.